The third-order valence-electron chi connectivity index (χ3n) is 3.88. The Hall–Kier alpha value is -3.08. The molecule has 0 radical (unpaired) electrons. The molecule has 11 heteroatoms. The summed E-state index contributed by atoms with van der Waals surface area (Å²) in [5.41, 5.74) is -1.49. The SMILES string of the molecule is Cc1cn(-c2ccc(C(F)(F)F)cc2)/c(=N/C(=O)Nc2cccc(C(F)(F)F)c2)s1. The number of aryl methyl sites for hydroxylation is 1. The number of halogens is 6. The van der Waals surface area contributed by atoms with Crippen LogP contribution in [0.15, 0.2) is 59.7 Å². The Morgan fingerprint density at radius 1 is 0.967 bits per heavy atom. The van der Waals surface area contributed by atoms with Crippen LogP contribution in [0.3, 0.4) is 0 Å². The van der Waals surface area contributed by atoms with Crippen molar-refractivity contribution in [3.8, 4) is 5.69 Å². The minimum atomic E-state index is -4.56. The molecule has 1 N–H and O–H groups in total. The van der Waals surface area contributed by atoms with Gasteiger partial charge in [-0.2, -0.15) is 31.3 Å². The number of aromatic nitrogens is 1. The van der Waals surface area contributed by atoms with E-state index in [2.05, 4.69) is 10.3 Å². The maximum atomic E-state index is 12.8. The van der Waals surface area contributed by atoms with Gasteiger partial charge in [0, 0.05) is 22.4 Å². The monoisotopic (exact) mass is 445 g/mol. The van der Waals surface area contributed by atoms with Gasteiger partial charge in [-0.1, -0.05) is 6.07 Å². The molecule has 0 unspecified atom stereocenters. The molecule has 0 fully saturated rings. The summed E-state index contributed by atoms with van der Waals surface area (Å²) in [6.07, 6.45) is -7.45. The first kappa shape index (κ1) is 21.6. The number of nitrogens with zero attached hydrogens (tertiary/aromatic N) is 2. The van der Waals surface area contributed by atoms with Crippen LogP contribution in [0, 0.1) is 6.92 Å². The Balaban J connectivity index is 1.89. The molecule has 0 saturated heterocycles. The second-order valence-corrected chi connectivity index (χ2v) is 7.37. The van der Waals surface area contributed by atoms with Crippen molar-refractivity contribution in [3.63, 3.8) is 0 Å². The molecule has 1 aromatic heterocycles. The molecule has 1 heterocycles. The van der Waals surface area contributed by atoms with Crippen molar-refractivity contribution in [2.24, 2.45) is 4.99 Å². The Labute approximate surface area is 170 Å². The van der Waals surface area contributed by atoms with E-state index in [1.54, 1.807) is 13.1 Å². The number of nitrogens with one attached hydrogen (secondary N) is 1. The van der Waals surface area contributed by atoms with Crippen LogP contribution in [0.2, 0.25) is 0 Å². The number of thiazole rings is 1. The van der Waals surface area contributed by atoms with E-state index in [-0.39, 0.29) is 10.5 Å². The fourth-order valence-electron chi connectivity index (χ4n) is 2.54. The molecule has 0 bridgehead atoms. The lowest BCUT2D eigenvalue weighted by molar-refractivity contribution is -0.138. The summed E-state index contributed by atoms with van der Waals surface area (Å²) in [4.78, 5) is 16.9. The molecule has 158 valence electrons. The summed E-state index contributed by atoms with van der Waals surface area (Å²) >= 11 is 1.10. The molecule has 2 aromatic carbocycles. The number of hydrogen-bond acceptors (Lipinski definition) is 2. The van der Waals surface area contributed by atoms with E-state index < -0.39 is 29.5 Å². The third kappa shape index (κ3) is 5.09. The molecule has 4 nitrogen and oxygen atoms in total. The first-order valence-electron chi connectivity index (χ1n) is 8.33. The predicted octanol–water partition coefficient (Wildman–Crippen LogP) is 6.02. The first-order valence-corrected chi connectivity index (χ1v) is 9.15. The topological polar surface area (TPSA) is 46.4 Å². The van der Waals surface area contributed by atoms with Crippen LogP contribution >= 0.6 is 11.3 Å². The van der Waals surface area contributed by atoms with E-state index in [0.29, 0.717) is 5.69 Å². The zero-order valence-corrected chi connectivity index (χ0v) is 16.0. The normalized spacial score (nSPS) is 12.8. The lowest BCUT2D eigenvalue weighted by Crippen LogP contribution is -2.18. The lowest BCUT2D eigenvalue weighted by atomic mass is 10.2. The summed E-state index contributed by atoms with van der Waals surface area (Å²) in [6.45, 7) is 1.72. The quantitative estimate of drug-likeness (QED) is 0.482. The molecule has 3 rings (SSSR count). The minimum absolute atomic E-state index is 0.0899. The predicted molar refractivity (Wildman–Crippen MR) is 99.4 cm³/mol. The van der Waals surface area contributed by atoms with Crippen molar-refractivity contribution in [2.45, 2.75) is 19.3 Å². The number of alkyl halides is 6. The maximum absolute atomic E-state index is 12.8. The summed E-state index contributed by atoms with van der Waals surface area (Å²) in [5.74, 6) is 0. The fraction of sp³-hybridized carbons (Fsp3) is 0.158. The number of benzene rings is 2. The van der Waals surface area contributed by atoms with Gasteiger partial charge < -0.3 is 5.32 Å². The molecule has 0 spiro atoms. The van der Waals surface area contributed by atoms with E-state index >= 15 is 0 Å². The molecule has 0 aliphatic carbocycles. The van der Waals surface area contributed by atoms with Gasteiger partial charge in [-0.25, -0.2) is 4.79 Å². The Morgan fingerprint density at radius 3 is 2.20 bits per heavy atom. The van der Waals surface area contributed by atoms with Crippen molar-refractivity contribution < 1.29 is 31.1 Å². The van der Waals surface area contributed by atoms with Gasteiger partial charge in [0.2, 0.25) is 0 Å². The van der Waals surface area contributed by atoms with Crippen molar-refractivity contribution in [1.29, 1.82) is 0 Å². The maximum Gasteiger partial charge on any atom is 0.416 e. The lowest BCUT2D eigenvalue weighted by Gasteiger charge is -2.09. The van der Waals surface area contributed by atoms with Gasteiger partial charge >= 0.3 is 18.4 Å². The number of rotatable bonds is 2. The number of anilines is 1. The highest BCUT2D eigenvalue weighted by atomic mass is 32.1. The van der Waals surface area contributed by atoms with Crippen molar-refractivity contribution in [2.75, 3.05) is 5.32 Å². The average Bonchev–Trinajstić information content (AvgIpc) is 3.00. The molecular weight excluding hydrogens is 432 g/mol. The Kier molecular flexibility index (Phi) is 5.75. The van der Waals surface area contributed by atoms with Gasteiger partial charge in [-0.3, -0.25) is 4.57 Å². The number of urea groups is 1. The average molecular weight is 445 g/mol. The summed E-state index contributed by atoms with van der Waals surface area (Å²) in [7, 11) is 0. The van der Waals surface area contributed by atoms with Gasteiger partial charge in [0.1, 0.15) is 0 Å². The van der Waals surface area contributed by atoms with E-state index in [4.69, 9.17) is 0 Å². The van der Waals surface area contributed by atoms with Crippen LogP contribution in [-0.4, -0.2) is 10.6 Å². The standard InChI is InChI=1S/C19H13F6N3OS/c1-11-10-28(15-7-5-12(6-8-15)18(20,21)22)17(30-11)27-16(29)26-14-4-2-3-13(9-14)19(23,24)25/h2-10H,1H3,(H,26,29)/b27-17-. The van der Waals surface area contributed by atoms with Crippen LogP contribution in [-0.2, 0) is 12.4 Å². The summed E-state index contributed by atoms with van der Waals surface area (Å²) in [5, 5.41) is 2.26. The number of amides is 2. The van der Waals surface area contributed by atoms with Crippen molar-refractivity contribution in [1.82, 2.24) is 4.57 Å². The van der Waals surface area contributed by atoms with Crippen LogP contribution in [0.5, 0.6) is 0 Å². The van der Waals surface area contributed by atoms with Crippen LogP contribution < -0.4 is 10.1 Å². The Bertz CT molecular complexity index is 1130. The van der Waals surface area contributed by atoms with Crippen molar-refractivity contribution in [3.05, 3.63) is 75.5 Å². The second kappa shape index (κ2) is 7.98. The van der Waals surface area contributed by atoms with Gasteiger partial charge in [0.05, 0.1) is 11.1 Å². The second-order valence-electron chi connectivity index (χ2n) is 6.16. The summed E-state index contributed by atoms with van der Waals surface area (Å²) in [6, 6.07) is 7.44. The highest BCUT2D eigenvalue weighted by Crippen LogP contribution is 2.31. The smallest absolute Gasteiger partial charge is 0.306 e. The fourth-order valence-corrected chi connectivity index (χ4v) is 3.37. The molecule has 2 amide bonds. The van der Waals surface area contributed by atoms with E-state index in [9.17, 15) is 31.1 Å². The van der Waals surface area contributed by atoms with E-state index in [1.807, 2.05) is 0 Å². The van der Waals surface area contributed by atoms with Crippen LogP contribution in [0.4, 0.5) is 36.8 Å². The highest BCUT2D eigenvalue weighted by Gasteiger charge is 2.31. The van der Waals surface area contributed by atoms with Gasteiger partial charge in [-0.05, 0) is 49.4 Å². The molecule has 3 aromatic rings. The molecular formula is C19H13F6N3OS. The molecule has 0 aliphatic heterocycles. The van der Waals surface area contributed by atoms with Crippen LogP contribution in [0.25, 0.3) is 5.69 Å². The molecule has 0 atom stereocenters. The zero-order valence-electron chi connectivity index (χ0n) is 15.2. The first-order chi connectivity index (χ1) is 13.9. The molecule has 30 heavy (non-hydrogen) atoms. The van der Waals surface area contributed by atoms with Crippen LogP contribution in [0.1, 0.15) is 16.0 Å². The van der Waals surface area contributed by atoms with Gasteiger partial charge in [0.25, 0.3) is 0 Å². The van der Waals surface area contributed by atoms with Crippen molar-refractivity contribution >= 4 is 23.1 Å². The third-order valence-corrected chi connectivity index (χ3v) is 4.78. The molecule has 0 aliphatic rings. The Morgan fingerprint density at radius 2 is 1.60 bits per heavy atom. The summed E-state index contributed by atoms with van der Waals surface area (Å²) < 4.78 is 78.0. The van der Waals surface area contributed by atoms with Gasteiger partial charge in [-0.15, -0.1) is 11.3 Å². The highest BCUT2D eigenvalue weighted by molar-refractivity contribution is 7.09. The van der Waals surface area contributed by atoms with E-state index in [0.717, 1.165) is 46.5 Å². The molecule has 0 saturated carbocycles. The zero-order chi connectivity index (χ0) is 22.1. The minimum Gasteiger partial charge on any atom is -0.306 e. The number of hydrogen-bond donors (Lipinski definition) is 1. The van der Waals surface area contributed by atoms with E-state index in [1.165, 1.54) is 22.8 Å². The number of carbonyl (C=O) groups excluding carboxylic acids is 1. The van der Waals surface area contributed by atoms with Gasteiger partial charge in [0.15, 0.2) is 4.80 Å². The largest absolute Gasteiger partial charge is 0.416 e. The number of carbonyl (C=O) groups is 1.